The highest BCUT2D eigenvalue weighted by atomic mass is 16.6. The van der Waals surface area contributed by atoms with Crippen LogP contribution >= 0.6 is 0 Å². The van der Waals surface area contributed by atoms with Gasteiger partial charge >= 0.3 is 0 Å². The Labute approximate surface area is 192 Å². The van der Waals surface area contributed by atoms with E-state index in [-0.39, 0.29) is 24.3 Å². The summed E-state index contributed by atoms with van der Waals surface area (Å²) < 4.78 is 12.0. The SMILES string of the molecule is CC[C@@]1(O)Cc2cc3c(cc2[C@@H](O[C@H]2CO[C@H](C)[C@H](O)[C@@H]2N)C1)C(=O)c1ccccc1C3=O. The van der Waals surface area contributed by atoms with Crippen molar-refractivity contribution in [3.05, 3.63) is 69.8 Å². The van der Waals surface area contributed by atoms with Crippen molar-refractivity contribution in [2.75, 3.05) is 6.61 Å². The standard InChI is InChI=1S/C26H29NO6/c1-3-26(31)10-14-8-18-19(25(30)16-7-5-4-6-15(16)24(18)29)9-17(14)20(11-26)33-21-12-32-13(2)23(28)22(21)27/h4-9,13,20-23,28,31H,3,10-12,27H2,1-2H3/t13-,20+,21+,22-,23+,26-/m1/s1. The number of rotatable bonds is 3. The molecule has 1 heterocycles. The second kappa shape index (κ2) is 8.11. The summed E-state index contributed by atoms with van der Waals surface area (Å²) in [6, 6.07) is 9.68. The predicted octanol–water partition coefficient (Wildman–Crippen LogP) is 2.08. The first-order valence-corrected chi connectivity index (χ1v) is 11.5. The Balaban J connectivity index is 1.56. The molecule has 6 atom stereocenters. The molecule has 0 aromatic heterocycles. The van der Waals surface area contributed by atoms with Crippen molar-refractivity contribution in [2.24, 2.45) is 5.73 Å². The summed E-state index contributed by atoms with van der Waals surface area (Å²) in [5.74, 6) is -0.383. The molecule has 4 N–H and O–H groups in total. The molecule has 3 aliphatic rings. The van der Waals surface area contributed by atoms with Gasteiger partial charge in [0.2, 0.25) is 0 Å². The lowest BCUT2D eigenvalue weighted by Crippen LogP contribution is -2.58. The minimum atomic E-state index is -1.02. The molecule has 174 valence electrons. The van der Waals surface area contributed by atoms with E-state index in [0.29, 0.717) is 41.5 Å². The molecule has 0 bridgehead atoms. The molecule has 33 heavy (non-hydrogen) atoms. The van der Waals surface area contributed by atoms with Gasteiger partial charge in [0.25, 0.3) is 0 Å². The quantitative estimate of drug-likeness (QED) is 0.558. The Morgan fingerprint density at radius 3 is 2.39 bits per heavy atom. The van der Waals surface area contributed by atoms with Crippen LogP contribution in [0.2, 0.25) is 0 Å². The molecule has 0 radical (unpaired) electrons. The summed E-state index contributed by atoms with van der Waals surface area (Å²) in [5, 5.41) is 21.6. The average Bonchev–Trinajstić information content (AvgIpc) is 2.82. The van der Waals surface area contributed by atoms with Gasteiger partial charge in [-0.1, -0.05) is 31.2 Å². The fourth-order valence-corrected chi connectivity index (χ4v) is 5.26. The van der Waals surface area contributed by atoms with E-state index in [1.54, 1.807) is 43.3 Å². The second-order valence-corrected chi connectivity index (χ2v) is 9.53. The van der Waals surface area contributed by atoms with Crippen molar-refractivity contribution in [1.29, 1.82) is 0 Å². The number of benzene rings is 2. The normalized spacial score (nSPS) is 33.3. The lowest BCUT2D eigenvalue weighted by molar-refractivity contribution is -0.173. The van der Waals surface area contributed by atoms with Gasteiger partial charge in [0.05, 0.1) is 42.7 Å². The van der Waals surface area contributed by atoms with Crippen molar-refractivity contribution in [2.45, 2.75) is 69.2 Å². The predicted molar refractivity (Wildman–Crippen MR) is 120 cm³/mol. The summed E-state index contributed by atoms with van der Waals surface area (Å²) in [4.78, 5) is 26.4. The zero-order chi connectivity index (χ0) is 23.5. The van der Waals surface area contributed by atoms with E-state index < -0.39 is 30.0 Å². The molecule has 7 nitrogen and oxygen atoms in total. The molecular weight excluding hydrogens is 422 g/mol. The Morgan fingerprint density at radius 2 is 1.76 bits per heavy atom. The van der Waals surface area contributed by atoms with Crippen LogP contribution < -0.4 is 5.73 Å². The molecule has 1 aliphatic heterocycles. The van der Waals surface area contributed by atoms with Crippen molar-refractivity contribution >= 4 is 11.6 Å². The van der Waals surface area contributed by atoms with Gasteiger partial charge < -0.3 is 25.4 Å². The van der Waals surface area contributed by atoms with Gasteiger partial charge in [0.1, 0.15) is 0 Å². The summed E-state index contributed by atoms with van der Waals surface area (Å²) in [6.45, 7) is 3.90. The van der Waals surface area contributed by atoms with Crippen LogP contribution in [0.25, 0.3) is 0 Å². The summed E-state index contributed by atoms with van der Waals surface area (Å²) in [7, 11) is 0. The Hall–Kier alpha value is -2.42. The van der Waals surface area contributed by atoms with Gasteiger partial charge in [-0.3, -0.25) is 9.59 Å². The van der Waals surface area contributed by atoms with Crippen LogP contribution in [0.15, 0.2) is 36.4 Å². The number of hydrogen-bond donors (Lipinski definition) is 3. The number of fused-ring (bicyclic) bond motifs is 3. The van der Waals surface area contributed by atoms with Crippen LogP contribution in [0, 0.1) is 0 Å². The summed E-state index contributed by atoms with van der Waals surface area (Å²) in [5.41, 5.74) is 8.29. The molecule has 2 aliphatic carbocycles. The molecule has 7 heteroatoms. The van der Waals surface area contributed by atoms with Crippen molar-refractivity contribution in [3.63, 3.8) is 0 Å². The maximum absolute atomic E-state index is 13.2. The van der Waals surface area contributed by atoms with E-state index in [1.807, 2.05) is 6.92 Å². The third kappa shape index (κ3) is 3.64. The zero-order valence-corrected chi connectivity index (χ0v) is 18.8. The summed E-state index contributed by atoms with van der Waals surface area (Å²) in [6.07, 6.45) is -1.18. The van der Waals surface area contributed by atoms with E-state index in [9.17, 15) is 19.8 Å². The Kier molecular flexibility index (Phi) is 5.50. The van der Waals surface area contributed by atoms with Crippen molar-refractivity contribution in [3.8, 4) is 0 Å². The molecule has 1 saturated heterocycles. The summed E-state index contributed by atoms with van der Waals surface area (Å²) >= 11 is 0. The zero-order valence-electron chi connectivity index (χ0n) is 18.8. The molecule has 0 unspecified atom stereocenters. The van der Waals surface area contributed by atoms with Crippen LogP contribution in [-0.4, -0.2) is 58.3 Å². The number of ketones is 2. The first-order chi connectivity index (χ1) is 15.7. The van der Waals surface area contributed by atoms with Crippen LogP contribution in [0.4, 0.5) is 0 Å². The third-order valence-electron chi connectivity index (χ3n) is 7.44. The smallest absolute Gasteiger partial charge is 0.194 e. The first kappa shape index (κ1) is 22.4. The van der Waals surface area contributed by atoms with Gasteiger partial charge in [-0.15, -0.1) is 0 Å². The van der Waals surface area contributed by atoms with Gasteiger partial charge in [-0.2, -0.15) is 0 Å². The van der Waals surface area contributed by atoms with Gasteiger partial charge in [0, 0.05) is 35.1 Å². The van der Waals surface area contributed by atoms with Crippen molar-refractivity contribution in [1.82, 2.24) is 0 Å². The number of aliphatic hydroxyl groups is 2. The molecular formula is C26H29NO6. The van der Waals surface area contributed by atoms with E-state index in [0.717, 1.165) is 11.1 Å². The van der Waals surface area contributed by atoms with Crippen molar-refractivity contribution < 1.29 is 29.3 Å². The van der Waals surface area contributed by atoms with Gasteiger partial charge in [0.15, 0.2) is 11.6 Å². The minimum Gasteiger partial charge on any atom is -0.389 e. The third-order valence-corrected chi connectivity index (χ3v) is 7.44. The van der Waals surface area contributed by atoms with Crippen LogP contribution in [0.3, 0.4) is 0 Å². The maximum Gasteiger partial charge on any atom is 0.194 e. The number of nitrogens with two attached hydrogens (primary N) is 1. The molecule has 0 spiro atoms. The van der Waals surface area contributed by atoms with Crippen LogP contribution in [0.1, 0.15) is 75.8 Å². The minimum absolute atomic E-state index is 0.189. The fraction of sp³-hybridized carbons (Fsp3) is 0.462. The van der Waals surface area contributed by atoms with Gasteiger partial charge in [-0.25, -0.2) is 0 Å². The largest absolute Gasteiger partial charge is 0.389 e. The fourth-order valence-electron chi connectivity index (χ4n) is 5.26. The van der Waals surface area contributed by atoms with Crippen LogP contribution in [-0.2, 0) is 15.9 Å². The number of aliphatic hydroxyl groups excluding tert-OH is 1. The molecule has 2 aromatic rings. The van der Waals surface area contributed by atoms with E-state index >= 15 is 0 Å². The topological polar surface area (TPSA) is 119 Å². The van der Waals surface area contributed by atoms with Crippen LogP contribution in [0.5, 0.6) is 0 Å². The Morgan fingerprint density at radius 1 is 1.12 bits per heavy atom. The Bertz CT molecular complexity index is 1130. The number of carbonyl (C=O) groups excluding carboxylic acids is 2. The van der Waals surface area contributed by atoms with E-state index in [4.69, 9.17) is 15.2 Å². The molecule has 2 aromatic carbocycles. The molecule has 1 fully saturated rings. The highest BCUT2D eigenvalue weighted by molar-refractivity contribution is 6.28. The highest BCUT2D eigenvalue weighted by Crippen LogP contribution is 2.43. The molecule has 5 rings (SSSR count). The lowest BCUT2D eigenvalue weighted by Gasteiger charge is -2.43. The first-order valence-electron chi connectivity index (χ1n) is 11.5. The highest BCUT2D eigenvalue weighted by Gasteiger charge is 2.43. The molecule has 0 saturated carbocycles. The number of hydrogen-bond acceptors (Lipinski definition) is 7. The second-order valence-electron chi connectivity index (χ2n) is 9.53. The lowest BCUT2D eigenvalue weighted by atomic mass is 9.73. The maximum atomic E-state index is 13.2. The van der Waals surface area contributed by atoms with Gasteiger partial charge in [-0.05, 0) is 36.6 Å². The molecule has 0 amide bonds. The average molecular weight is 452 g/mol. The monoisotopic (exact) mass is 451 g/mol. The van der Waals surface area contributed by atoms with E-state index in [2.05, 4.69) is 0 Å². The number of carbonyl (C=O) groups is 2. The number of ether oxygens (including phenoxy) is 2. The van der Waals surface area contributed by atoms with E-state index in [1.165, 1.54) is 0 Å².